The number of nitrogens with one attached hydrogen (secondary N) is 2. The normalized spacial score (nSPS) is 18.0. The van der Waals surface area contributed by atoms with Gasteiger partial charge >= 0.3 is 13.8 Å². The van der Waals surface area contributed by atoms with Crippen LogP contribution in [0, 0.1) is 0 Å². The van der Waals surface area contributed by atoms with E-state index in [9.17, 15) is 22.5 Å². The second kappa shape index (κ2) is 15.7. The molecule has 0 saturated heterocycles. The number of aromatic nitrogens is 2. The van der Waals surface area contributed by atoms with Gasteiger partial charge in [-0.1, -0.05) is 19.1 Å². The number of alkyl halides is 3. The minimum atomic E-state index is -4.77. The molecule has 50 heavy (non-hydrogen) atoms. The van der Waals surface area contributed by atoms with E-state index in [0.29, 0.717) is 41.3 Å². The molecule has 1 amide bonds. The number of carbonyl (C=O) groups is 1. The molecule has 3 aromatic rings. The van der Waals surface area contributed by atoms with E-state index >= 15 is 0 Å². The molecule has 0 radical (unpaired) electrons. The van der Waals surface area contributed by atoms with Crippen molar-refractivity contribution in [2.45, 2.75) is 77.3 Å². The molecule has 0 unspecified atom stereocenters. The van der Waals surface area contributed by atoms with Gasteiger partial charge in [0.05, 0.1) is 43.4 Å². The molecular weight excluding hydrogens is 672 g/mol. The Balaban J connectivity index is 1.44. The van der Waals surface area contributed by atoms with Gasteiger partial charge in [-0.3, -0.25) is 9.36 Å². The zero-order valence-corrected chi connectivity index (χ0v) is 30.3. The summed E-state index contributed by atoms with van der Waals surface area (Å²) in [5.41, 5.74) is 2.45. The summed E-state index contributed by atoms with van der Waals surface area (Å²) in [4.78, 5) is 25.6. The molecule has 1 saturated carbocycles. The summed E-state index contributed by atoms with van der Waals surface area (Å²) in [7, 11) is 1.88. The highest BCUT2D eigenvalue weighted by Crippen LogP contribution is 2.52. The van der Waals surface area contributed by atoms with Crippen molar-refractivity contribution in [3.8, 4) is 5.75 Å². The number of nitrogens with zero attached hydrogens (tertiary/aromatic N) is 4. The first-order valence-electron chi connectivity index (χ1n) is 16.9. The van der Waals surface area contributed by atoms with Crippen LogP contribution in [0.2, 0.25) is 0 Å². The Bertz CT molecular complexity index is 1720. The van der Waals surface area contributed by atoms with Crippen molar-refractivity contribution in [1.82, 2.24) is 19.8 Å². The molecule has 1 aromatic heterocycles. The lowest BCUT2D eigenvalue weighted by molar-refractivity contribution is -0.137. The number of ether oxygens (including phenoxy) is 1. The molecule has 1 aliphatic carbocycles. The van der Waals surface area contributed by atoms with Gasteiger partial charge in [-0.25, -0.2) is 4.98 Å². The molecule has 11 nitrogen and oxygen atoms in total. The van der Waals surface area contributed by atoms with Crippen LogP contribution in [0.5, 0.6) is 5.75 Å². The molecular formula is C35H46F3N6O5P. The molecule has 0 bridgehead atoms. The average molecular weight is 719 g/mol. The largest absolute Gasteiger partial charge is 0.495 e. The number of anilines is 4. The maximum Gasteiger partial charge on any atom is 0.421 e. The van der Waals surface area contributed by atoms with Gasteiger partial charge in [0.15, 0.2) is 0 Å². The lowest BCUT2D eigenvalue weighted by Gasteiger charge is -2.35. The van der Waals surface area contributed by atoms with Crippen molar-refractivity contribution in [3.05, 3.63) is 64.3 Å². The summed E-state index contributed by atoms with van der Waals surface area (Å²) >= 11 is 0. The number of fused-ring (bicyclic) bond motifs is 1. The van der Waals surface area contributed by atoms with Crippen molar-refractivity contribution in [2.75, 3.05) is 51.6 Å². The van der Waals surface area contributed by atoms with Crippen LogP contribution in [-0.2, 0) is 32.5 Å². The van der Waals surface area contributed by atoms with Crippen LogP contribution in [0.15, 0.2) is 36.5 Å². The molecule has 2 N–H and O–H groups in total. The van der Waals surface area contributed by atoms with Gasteiger partial charge in [-0.15, -0.1) is 0 Å². The van der Waals surface area contributed by atoms with Crippen LogP contribution >= 0.6 is 7.60 Å². The maximum atomic E-state index is 14.3. The fourth-order valence-corrected chi connectivity index (χ4v) is 8.51. The summed E-state index contributed by atoms with van der Waals surface area (Å²) in [6.45, 7) is 7.40. The topological polar surface area (TPSA) is 118 Å². The maximum absolute atomic E-state index is 14.3. The van der Waals surface area contributed by atoms with Crippen LogP contribution in [-0.4, -0.2) is 72.7 Å². The summed E-state index contributed by atoms with van der Waals surface area (Å²) in [5.74, 6) is -0.303. The van der Waals surface area contributed by atoms with Crippen molar-refractivity contribution in [3.63, 3.8) is 0 Å². The van der Waals surface area contributed by atoms with E-state index in [1.165, 1.54) is 7.11 Å². The molecule has 1 aliphatic heterocycles. The smallest absolute Gasteiger partial charge is 0.421 e. The summed E-state index contributed by atoms with van der Waals surface area (Å²) in [6, 6.07) is 9.10. The summed E-state index contributed by atoms with van der Waals surface area (Å²) in [6.07, 6.45) is -0.00824. The Morgan fingerprint density at radius 2 is 1.70 bits per heavy atom. The third kappa shape index (κ3) is 8.25. The number of carbonyl (C=O) groups excluding carboxylic acids is 1. The molecule has 1 fully saturated rings. The Morgan fingerprint density at radius 3 is 2.32 bits per heavy atom. The van der Waals surface area contributed by atoms with Crippen LogP contribution in [0.25, 0.3) is 0 Å². The molecule has 0 spiro atoms. The average Bonchev–Trinajstić information content (AvgIpc) is 3.38. The molecule has 5 rings (SSSR count). The molecule has 2 aromatic carbocycles. The standard InChI is InChI=1S/C35H46F3N6O5P/c1-7-43(4)24-13-11-23(12-14-24)25-15-17-29(31-26(25)20-44(5)33(31)45)40-32-27(35(36,37)38)19-39-34(42-32)41-28-16-10-22(18-30(28)47-6)21-50(46,48-8-2)49-9-3/h10,15-19,23-24H,7-9,11-14,20-21H2,1-6H3,(H2,39,40,41,42). The second-order valence-electron chi connectivity index (χ2n) is 12.6. The van der Waals surface area contributed by atoms with Crippen molar-refractivity contribution < 1.29 is 36.3 Å². The van der Waals surface area contributed by atoms with Gasteiger partial charge in [0, 0.05) is 25.8 Å². The van der Waals surface area contributed by atoms with Crippen molar-refractivity contribution in [2.24, 2.45) is 0 Å². The van der Waals surface area contributed by atoms with E-state index < -0.39 is 25.2 Å². The van der Waals surface area contributed by atoms with E-state index in [-0.39, 0.29) is 42.8 Å². The monoisotopic (exact) mass is 718 g/mol. The zero-order chi connectivity index (χ0) is 36.2. The minimum absolute atomic E-state index is 0.00462. The Morgan fingerprint density at radius 1 is 1.02 bits per heavy atom. The second-order valence-corrected chi connectivity index (χ2v) is 14.7. The number of hydrogen-bond donors (Lipinski definition) is 2. The van der Waals surface area contributed by atoms with Gasteiger partial charge in [0.2, 0.25) is 5.95 Å². The molecule has 2 heterocycles. The van der Waals surface area contributed by atoms with Crippen molar-refractivity contribution >= 4 is 36.6 Å². The van der Waals surface area contributed by atoms with Crippen LogP contribution < -0.4 is 15.4 Å². The van der Waals surface area contributed by atoms with Crippen LogP contribution in [0.1, 0.15) is 85.0 Å². The highest BCUT2D eigenvalue weighted by Gasteiger charge is 2.38. The number of rotatable bonds is 14. The van der Waals surface area contributed by atoms with E-state index in [1.54, 1.807) is 50.1 Å². The van der Waals surface area contributed by atoms with E-state index in [2.05, 4.69) is 39.5 Å². The predicted molar refractivity (Wildman–Crippen MR) is 187 cm³/mol. The Kier molecular flexibility index (Phi) is 11.8. The molecule has 0 atom stereocenters. The minimum Gasteiger partial charge on any atom is -0.495 e. The summed E-state index contributed by atoms with van der Waals surface area (Å²) < 4.78 is 72.2. The number of hydrogen-bond acceptors (Lipinski definition) is 10. The highest BCUT2D eigenvalue weighted by molar-refractivity contribution is 7.53. The van der Waals surface area contributed by atoms with Gasteiger partial charge in [-0.2, -0.15) is 18.2 Å². The Hall–Kier alpha value is -3.71. The first kappa shape index (κ1) is 37.5. The highest BCUT2D eigenvalue weighted by atomic mass is 31.2. The third-order valence-electron chi connectivity index (χ3n) is 9.45. The summed E-state index contributed by atoms with van der Waals surface area (Å²) in [5, 5.41) is 5.79. The molecule has 2 aliphatic rings. The van der Waals surface area contributed by atoms with E-state index in [4.69, 9.17) is 13.8 Å². The van der Waals surface area contributed by atoms with Crippen molar-refractivity contribution in [1.29, 1.82) is 0 Å². The first-order valence-corrected chi connectivity index (χ1v) is 18.7. The molecule has 272 valence electrons. The van der Waals surface area contributed by atoms with Gasteiger partial charge in [0.25, 0.3) is 5.91 Å². The quantitative estimate of drug-likeness (QED) is 0.158. The first-order chi connectivity index (χ1) is 23.8. The SMILES string of the molecule is CCOP(=O)(Cc1ccc(Nc2ncc(C(F)(F)F)c(Nc3ccc(C4CCC(N(C)CC)CC4)c4c3C(=O)N(C)C4)n2)c(OC)c1)OCC. The number of halogens is 3. The van der Waals surface area contributed by atoms with Crippen LogP contribution in [0.4, 0.5) is 36.3 Å². The van der Waals surface area contributed by atoms with Crippen LogP contribution in [0.3, 0.4) is 0 Å². The Labute approximate surface area is 291 Å². The van der Waals surface area contributed by atoms with Gasteiger partial charge in [0.1, 0.15) is 17.1 Å². The third-order valence-corrected chi connectivity index (χ3v) is 11.5. The fraction of sp³-hybridized carbons (Fsp3) is 0.514. The fourth-order valence-electron chi connectivity index (χ4n) is 6.83. The number of methoxy groups -OCH3 is 1. The molecule has 15 heteroatoms. The number of benzene rings is 2. The van der Waals surface area contributed by atoms with E-state index in [1.807, 2.05) is 6.07 Å². The predicted octanol–water partition coefficient (Wildman–Crippen LogP) is 8.32. The van der Waals surface area contributed by atoms with Gasteiger partial charge < -0.3 is 34.2 Å². The lowest BCUT2D eigenvalue weighted by atomic mass is 9.79. The lowest BCUT2D eigenvalue weighted by Crippen LogP contribution is -2.34. The van der Waals surface area contributed by atoms with Gasteiger partial charge in [-0.05, 0) is 93.9 Å². The number of amides is 1. The van der Waals surface area contributed by atoms with E-state index in [0.717, 1.165) is 43.4 Å². The zero-order valence-electron chi connectivity index (χ0n) is 29.4.